The van der Waals surface area contributed by atoms with Crippen LogP contribution in [0.2, 0.25) is 0 Å². The second kappa shape index (κ2) is 13.2. The molecule has 1 heterocycles. The molecule has 0 bridgehead atoms. The number of nitrogens with zero attached hydrogens (tertiary/aromatic N) is 2. The first kappa shape index (κ1) is 32.0. The van der Waals surface area contributed by atoms with Crippen molar-refractivity contribution >= 4 is 71.2 Å². The molecule has 0 radical (unpaired) electrons. The number of anilines is 3. The van der Waals surface area contributed by atoms with Gasteiger partial charge in [-0.1, -0.05) is 164 Å². The van der Waals surface area contributed by atoms with Gasteiger partial charge in [-0.15, -0.1) is 0 Å². The van der Waals surface area contributed by atoms with Crippen molar-refractivity contribution < 1.29 is 0 Å². The van der Waals surface area contributed by atoms with Gasteiger partial charge >= 0.3 is 0 Å². The van der Waals surface area contributed by atoms with Crippen molar-refractivity contribution in [3.8, 4) is 27.9 Å². The molecule has 0 spiro atoms. The van der Waals surface area contributed by atoms with E-state index < -0.39 is 0 Å². The van der Waals surface area contributed by atoms with Gasteiger partial charge in [0.05, 0.1) is 16.7 Å². The van der Waals surface area contributed by atoms with Gasteiger partial charge in [-0.3, -0.25) is 0 Å². The Bertz CT molecular complexity index is 3230. The van der Waals surface area contributed by atoms with Crippen LogP contribution in [-0.4, -0.2) is 4.57 Å². The van der Waals surface area contributed by atoms with Crippen molar-refractivity contribution in [2.24, 2.45) is 0 Å². The van der Waals surface area contributed by atoms with Crippen LogP contribution in [-0.2, 0) is 0 Å². The van der Waals surface area contributed by atoms with E-state index in [1.54, 1.807) is 0 Å². The predicted octanol–water partition coefficient (Wildman–Crippen LogP) is 15.0. The molecule has 2 heteroatoms. The number of para-hydroxylation sites is 3. The zero-order chi connectivity index (χ0) is 37.0. The summed E-state index contributed by atoms with van der Waals surface area (Å²) in [5, 5.41) is 10.1. The molecule has 0 aliphatic carbocycles. The largest absolute Gasteiger partial charge is 0.310 e. The third-order valence-electron chi connectivity index (χ3n) is 11.3. The Hall–Kier alpha value is -7.42. The summed E-state index contributed by atoms with van der Waals surface area (Å²) in [5.41, 5.74) is 11.6. The zero-order valence-corrected chi connectivity index (χ0v) is 30.7. The van der Waals surface area contributed by atoms with E-state index in [0.717, 1.165) is 22.7 Å². The first-order chi connectivity index (χ1) is 27.8. The van der Waals surface area contributed by atoms with Crippen LogP contribution in [0.25, 0.3) is 82.1 Å². The minimum Gasteiger partial charge on any atom is -0.310 e. The van der Waals surface area contributed by atoms with Gasteiger partial charge in [0, 0.05) is 33.4 Å². The average molecular weight is 713 g/mol. The van der Waals surface area contributed by atoms with Gasteiger partial charge in [-0.05, 0) is 104 Å². The Morgan fingerprint density at radius 2 is 0.911 bits per heavy atom. The van der Waals surface area contributed by atoms with Crippen LogP contribution in [0.4, 0.5) is 17.1 Å². The van der Waals surface area contributed by atoms with Crippen LogP contribution in [0.3, 0.4) is 0 Å². The van der Waals surface area contributed by atoms with Gasteiger partial charge in [0.1, 0.15) is 0 Å². The van der Waals surface area contributed by atoms with Crippen molar-refractivity contribution in [1.82, 2.24) is 4.57 Å². The Morgan fingerprint density at radius 3 is 1.73 bits per heavy atom. The fourth-order valence-electron chi connectivity index (χ4n) is 8.82. The molecule has 2 nitrogen and oxygen atoms in total. The van der Waals surface area contributed by atoms with E-state index >= 15 is 0 Å². The van der Waals surface area contributed by atoms with Gasteiger partial charge < -0.3 is 9.47 Å². The molecule has 0 atom stereocenters. The molecule has 0 N–H and O–H groups in total. The zero-order valence-electron chi connectivity index (χ0n) is 30.7. The molecule has 262 valence electrons. The number of benzene rings is 10. The molecule has 10 aromatic carbocycles. The van der Waals surface area contributed by atoms with Gasteiger partial charge in [0.2, 0.25) is 0 Å². The van der Waals surface area contributed by atoms with E-state index in [-0.39, 0.29) is 0 Å². The number of aromatic nitrogens is 1. The number of hydrogen-bond acceptors (Lipinski definition) is 1. The highest BCUT2D eigenvalue weighted by Gasteiger charge is 2.20. The Labute approximate surface area is 325 Å². The Balaban J connectivity index is 1.12. The highest BCUT2D eigenvalue weighted by atomic mass is 15.1. The smallest absolute Gasteiger partial charge is 0.0561 e. The molecule has 11 rings (SSSR count). The summed E-state index contributed by atoms with van der Waals surface area (Å²) in [6.07, 6.45) is 0. The predicted molar refractivity (Wildman–Crippen MR) is 239 cm³/mol. The van der Waals surface area contributed by atoms with E-state index in [4.69, 9.17) is 0 Å². The molecule has 0 aliphatic heterocycles. The van der Waals surface area contributed by atoms with Crippen molar-refractivity contribution in [3.05, 3.63) is 218 Å². The lowest BCUT2D eigenvalue weighted by Gasteiger charge is -2.28. The van der Waals surface area contributed by atoms with Crippen LogP contribution in [0.15, 0.2) is 218 Å². The fourth-order valence-corrected chi connectivity index (χ4v) is 8.82. The molecule has 0 amide bonds. The van der Waals surface area contributed by atoms with Crippen molar-refractivity contribution in [1.29, 1.82) is 0 Å². The third kappa shape index (κ3) is 5.19. The van der Waals surface area contributed by atoms with E-state index in [1.165, 1.54) is 76.4 Å². The molecule has 0 saturated carbocycles. The molecular formula is C54H36N2. The maximum Gasteiger partial charge on any atom is 0.0561 e. The molecule has 56 heavy (non-hydrogen) atoms. The summed E-state index contributed by atoms with van der Waals surface area (Å²) in [4.78, 5) is 2.42. The van der Waals surface area contributed by atoms with Crippen molar-refractivity contribution in [2.75, 3.05) is 4.90 Å². The van der Waals surface area contributed by atoms with E-state index in [1.807, 2.05) is 0 Å². The number of hydrogen-bond donors (Lipinski definition) is 0. The molecule has 0 aliphatic rings. The lowest BCUT2D eigenvalue weighted by atomic mass is 9.90. The summed E-state index contributed by atoms with van der Waals surface area (Å²) >= 11 is 0. The molecule has 0 fully saturated rings. The lowest BCUT2D eigenvalue weighted by molar-refractivity contribution is 1.18. The Morgan fingerprint density at radius 1 is 0.321 bits per heavy atom. The van der Waals surface area contributed by atoms with Gasteiger partial charge in [0.25, 0.3) is 0 Å². The summed E-state index contributed by atoms with van der Waals surface area (Å²) in [5.74, 6) is 0. The standard InChI is InChI=1S/C54H36N2/c1-3-15-37(16-4-1)44-20-11-13-25-51(44)55(43-33-34-48-47-23-12-14-26-52(47)56(53(48)36-43)41-18-5-2-6-19-41)42-31-29-39(30-32-42)50-35-40-28-27-38-17-7-8-21-45(38)54(40)49-24-10-9-22-46(49)50/h1-36H. The van der Waals surface area contributed by atoms with Crippen molar-refractivity contribution in [2.45, 2.75) is 0 Å². The summed E-state index contributed by atoms with van der Waals surface area (Å²) in [6, 6.07) is 79.5. The van der Waals surface area contributed by atoms with Crippen LogP contribution in [0.5, 0.6) is 0 Å². The molecule has 11 aromatic rings. The normalized spacial score (nSPS) is 11.6. The minimum absolute atomic E-state index is 1.09. The van der Waals surface area contributed by atoms with Gasteiger partial charge in [0.15, 0.2) is 0 Å². The van der Waals surface area contributed by atoms with Crippen LogP contribution >= 0.6 is 0 Å². The first-order valence-corrected chi connectivity index (χ1v) is 19.3. The van der Waals surface area contributed by atoms with Crippen molar-refractivity contribution in [3.63, 3.8) is 0 Å². The van der Waals surface area contributed by atoms with Crippen LogP contribution < -0.4 is 4.90 Å². The fraction of sp³-hybridized carbons (Fsp3) is 0. The summed E-state index contributed by atoms with van der Waals surface area (Å²) in [7, 11) is 0. The maximum absolute atomic E-state index is 2.42. The lowest BCUT2D eigenvalue weighted by Crippen LogP contribution is -2.11. The number of rotatable bonds is 6. The van der Waals surface area contributed by atoms with E-state index in [9.17, 15) is 0 Å². The highest BCUT2D eigenvalue weighted by molar-refractivity contribution is 6.23. The second-order valence-electron chi connectivity index (χ2n) is 14.5. The molecule has 1 aromatic heterocycles. The molecular weight excluding hydrogens is 677 g/mol. The first-order valence-electron chi connectivity index (χ1n) is 19.3. The number of fused-ring (bicyclic) bond motifs is 8. The topological polar surface area (TPSA) is 8.17 Å². The third-order valence-corrected chi connectivity index (χ3v) is 11.3. The van der Waals surface area contributed by atoms with Crippen LogP contribution in [0.1, 0.15) is 0 Å². The summed E-state index contributed by atoms with van der Waals surface area (Å²) in [6.45, 7) is 0. The van der Waals surface area contributed by atoms with E-state index in [2.05, 4.69) is 228 Å². The summed E-state index contributed by atoms with van der Waals surface area (Å²) < 4.78 is 2.40. The quantitative estimate of drug-likeness (QED) is 0.156. The highest BCUT2D eigenvalue weighted by Crippen LogP contribution is 2.44. The molecule has 0 unspecified atom stereocenters. The second-order valence-corrected chi connectivity index (χ2v) is 14.5. The maximum atomic E-state index is 2.42. The van der Waals surface area contributed by atoms with E-state index in [0.29, 0.717) is 0 Å². The molecule has 0 saturated heterocycles. The SMILES string of the molecule is c1ccc(-c2ccccc2N(c2ccc(-c3cc4ccc5ccccc5c4c4ccccc34)cc2)c2ccc3c4ccccc4n(-c4ccccc4)c3c2)cc1. The monoisotopic (exact) mass is 712 g/mol. The average Bonchev–Trinajstić information content (AvgIpc) is 3.61. The van der Waals surface area contributed by atoms with Crippen LogP contribution in [0, 0.1) is 0 Å². The van der Waals surface area contributed by atoms with Gasteiger partial charge in [-0.25, -0.2) is 0 Å². The minimum atomic E-state index is 1.09. The van der Waals surface area contributed by atoms with Gasteiger partial charge in [-0.2, -0.15) is 0 Å². The Kier molecular flexibility index (Phi) is 7.53.